The van der Waals surface area contributed by atoms with Crippen LogP contribution in [0.1, 0.15) is 17.5 Å². The molecule has 0 radical (unpaired) electrons. The minimum Gasteiger partial charge on any atom is -0.369 e. The molecule has 1 heterocycles. The molecule has 0 saturated carbocycles. The number of halogens is 4. The van der Waals surface area contributed by atoms with Gasteiger partial charge in [0.25, 0.3) is 0 Å². The van der Waals surface area contributed by atoms with Gasteiger partial charge in [-0.05, 0) is 56.8 Å². The van der Waals surface area contributed by atoms with E-state index in [0.717, 1.165) is 36.0 Å². The summed E-state index contributed by atoms with van der Waals surface area (Å²) in [4.78, 5) is 9.03. The Bertz CT molecular complexity index is 989. The summed E-state index contributed by atoms with van der Waals surface area (Å²) in [6, 6.07) is 9.07. The number of alkyl halides is 3. The summed E-state index contributed by atoms with van der Waals surface area (Å²) in [6.45, 7) is 3.41. The van der Waals surface area contributed by atoms with E-state index in [1.165, 1.54) is 6.07 Å². The summed E-state index contributed by atoms with van der Waals surface area (Å²) in [5.74, 6) is 0.791. The van der Waals surface area contributed by atoms with Gasteiger partial charge in [0.15, 0.2) is 5.82 Å². The van der Waals surface area contributed by atoms with Gasteiger partial charge in [0, 0.05) is 22.5 Å². The lowest BCUT2D eigenvalue weighted by Crippen LogP contribution is -2.14. The first-order valence-electron chi connectivity index (χ1n) is 8.83. The number of nitrogens with zero attached hydrogens (tertiary/aromatic N) is 2. The second-order valence-electron chi connectivity index (χ2n) is 6.48. The molecule has 0 aliphatic heterocycles. The number of hydrogen-bond acceptors (Lipinski definition) is 4. The van der Waals surface area contributed by atoms with Gasteiger partial charge < -0.3 is 10.6 Å². The third-order valence-electron chi connectivity index (χ3n) is 4.31. The van der Waals surface area contributed by atoms with Crippen LogP contribution >= 0.6 is 11.6 Å². The first-order chi connectivity index (χ1) is 13.3. The van der Waals surface area contributed by atoms with E-state index in [-0.39, 0.29) is 16.4 Å². The van der Waals surface area contributed by atoms with Gasteiger partial charge in [-0.1, -0.05) is 23.7 Å². The number of rotatable bonds is 6. The fourth-order valence-corrected chi connectivity index (χ4v) is 3.15. The highest BCUT2D eigenvalue weighted by Crippen LogP contribution is 2.35. The molecule has 0 aliphatic rings. The van der Waals surface area contributed by atoms with Crippen LogP contribution in [-0.2, 0) is 6.18 Å². The number of anilines is 1. The van der Waals surface area contributed by atoms with Crippen molar-refractivity contribution in [2.45, 2.75) is 19.5 Å². The second-order valence-corrected chi connectivity index (χ2v) is 6.91. The first kappa shape index (κ1) is 20.4. The highest BCUT2D eigenvalue weighted by atomic mass is 35.5. The van der Waals surface area contributed by atoms with Gasteiger partial charge in [-0.3, -0.25) is 0 Å². The molecule has 28 heavy (non-hydrogen) atoms. The summed E-state index contributed by atoms with van der Waals surface area (Å²) < 4.78 is 39.5. The summed E-state index contributed by atoms with van der Waals surface area (Å²) >= 11 is 5.94. The Hall–Kier alpha value is -2.38. The highest BCUT2D eigenvalue weighted by Gasteiger charge is 2.31. The standard InChI is InChI=1S/C20H20ClF3N4/c1-12-5-3-6-16-17(12)27-18(28-19(16)26-8-4-7-25-2)13-9-14(20(22,23)24)11-15(21)10-13/h3,5-6,9-11,25H,4,7-8H2,1-2H3,(H,26,27,28). The van der Waals surface area contributed by atoms with Crippen molar-refractivity contribution in [1.82, 2.24) is 15.3 Å². The Morgan fingerprint density at radius 2 is 1.86 bits per heavy atom. The maximum atomic E-state index is 13.2. The molecule has 2 N–H and O–H groups in total. The van der Waals surface area contributed by atoms with Crippen LogP contribution in [0, 0.1) is 6.92 Å². The maximum Gasteiger partial charge on any atom is 0.416 e. The molecular formula is C20H20ClF3N4. The number of aryl methyl sites for hydroxylation is 1. The molecule has 3 rings (SSSR count). The average Bonchev–Trinajstić information content (AvgIpc) is 2.64. The Labute approximate surface area is 166 Å². The molecule has 0 amide bonds. The van der Waals surface area contributed by atoms with Crippen LogP contribution in [0.5, 0.6) is 0 Å². The van der Waals surface area contributed by atoms with Crippen LogP contribution in [0.3, 0.4) is 0 Å². The van der Waals surface area contributed by atoms with E-state index in [1.54, 1.807) is 0 Å². The lowest BCUT2D eigenvalue weighted by atomic mass is 10.1. The summed E-state index contributed by atoms with van der Waals surface area (Å²) in [5, 5.41) is 7.16. The van der Waals surface area contributed by atoms with Crippen LogP contribution < -0.4 is 10.6 Å². The van der Waals surface area contributed by atoms with Crippen molar-refractivity contribution >= 4 is 28.3 Å². The molecule has 4 nitrogen and oxygen atoms in total. The molecule has 3 aromatic rings. The quantitative estimate of drug-likeness (QED) is 0.543. The third-order valence-corrected chi connectivity index (χ3v) is 4.53. The van der Waals surface area contributed by atoms with Crippen molar-refractivity contribution < 1.29 is 13.2 Å². The Morgan fingerprint density at radius 1 is 1.07 bits per heavy atom. The molecular weight excluding hydrogens is 389 g/mol. The van der Waals surface area contributed by atoms with Gasteiger partial charge in [-0.15, -0.1) is 0 Å². The molecule has 0 spiro atoms. The number of benzene rings is 2. The maximum absolute atomic E-state index is 13.2. The van der Waals surface area contributed by atoms with Gasteiger partial charge in [0.1, 0.15) is 5.82 Å². The van der Waals surface area contributed by atoms with E-state index in [1.807, 2.05) is 32.2 Å². The van der Waals surface area contributed by atoms with Crippen LogP contribution in [0.15, 0.2) is 36.4 Å². The van der Waals surface area contributed by atoms with Crippen molar-refractivity contribution in [3.8, 4) is 11.4 Å². The summed E-state index contributed by atoms with van der Waals surface area (Å²) in [5.41, 5.74) is 1.00. The van der Waals surface area contributed by atoms with Crippen molar-refractivity contribution in [2.24, 2.45) is 0 Å². The molecule has 8 heteroatoms. The minimum atomic E-state index is -4.50. The van der Waals surface area contributed by atoms with Crippen LogP contribution in [0.4, 0.5) is 19.0 Å². The monoisotopic (exact) mass is 408 g/mol. The SMILES string of the molecule is CNCCCNc1nc(-c2cc(Cl)cc(C(F)(F)F)c2)nc2c(C)cccc12. The molecule has 0 saturated heterocycles. The number of fused-ring (bicyclic) bond motifs is 1. The first-order valence-corrected chi connectivity index (χ1v) is 9.21. The van der Waals surface area contributed by atoms with Crippen molar-refractivity contribution in [1.29, 1.82) is 0 Å². The zero-order valence-electron chi connectivity index (χ0n) is 15.5. The van der Waals surface area contributed by atoms with Crippen molar-refractivity contribution in [3.63, 3.8) is 0 Å². The molecule has 0 aliphatic carbocycles. The molecule has 0 atom stereocenters. The predicted octanol–water partition coefficient (Wildman–Crippen LogP) is 5.30. The Balaban J connectivity index is 2.11. The molecule has 0 bridgehead atoms. The summed E-state index contributed by atoms with van der Waals surface area (Å²) in [7, 11) is 1.87. The zero-order valence-corrected chi connectivity index (χ0v) is 16.2. The van der Waals surface area contributed by atoms with Gasteiger partial charge in [0.2, 0.25) is 0 Å². The number of aromatic nitrogens is 2. The van der Waals surface area contributed by atoms with Gasteiger partial charge in [-0.2, -0.15) is 13.2 Å². The van der Waals surface area contributed by atoms with E-state index >= 15 is 0 Å². The molecule has 148 valence electrons. The van der Waals surface area contributed by atoms with E-state index in [9.17, 15) is 13.2 Å². The summed E-state index contributed by atoms with van der Waals surface area (Å²) in [6.07, 6.45) is -3.63. The molecule has 0 unspecified atom stereocenters. The second kappa shape index (κ2) is 8.32. The van der Waals surface area contributed by atoms with E-state index in [2.05, 4.69) is 20.6 Å². The number of hydrogen-bond donors (Lipinski definition) is 2. The van der Waals surface area contributed by atoms with Gasteiger partial charge in [0.05, 0.1) is 11.1 Å². The van der Waals surface area contributed by atoms with Crippen molar-refractivity contribution in [3.05, 3.63) is 52.5 Å². The molecule has 0 fully saturated rings. The fraction of sp³-hybridized carbons (Fsp3) is 0.300. The van der Waals surface area contributed by atoms with Gasteiger partial charge >= 0.3 is 6.18 Å². The average molecular weight is 409 g/mol. The predicted molar refractivity (Wildman–Crippen MR) is 107 cm³/mol. The van der Waals surface area contributed by atoms with Crippen LogP contribution in [0.25, 0.3) is 22.3 Å². The molecule has 2 aromatic carbocycles. The highest BCUT2D eigenvalue weighted by molar-refractivity contribution is 6.31. The minimum absolute atomic E-state index is 0.0122. The van der Waals surface area contributed by atoms with E-state index < -0.39 is 11.7 Å². The van der Waals surface area contributed by atoms with Crippen LogP contribution in [-0.4, -0.2) is 30.1 Å². The largest absolute Gasteiger partial charge is 0.416 e. The van der Waals surface area contributed by atoms with Crippen LogP contribution in [0.2, 0.25) is 5.02 Å². The smallest absolute Gasteiger partial charge is 0.369 e. The zero-order chi connectivity index (χ0) is 20.3. The lowest BCUT2D eigenvalue weighted by Gasteiger charge is -2.14. The molecule has 1 aromatic heterocycles. The van der Waals surface area contributed by atoms with E-state index in [4.69, 9.17) is 11.6 Å². The fourth-order valence-electron chi connectivity index (χ4n) is 2.91. The lowest BCUT2D eigenvalue weighted by molar-refractivity contribution is -0.137. The van der Waals surface area contributed by atoms with E-state index in [0.29, 0.717) is 17.9 Å². The normalized spacial score (nSPS) is 11.8. The Kier molecular flexibility index (Phi) is 6.05. The topological polar surface area (TPSA) is 49.8 Å². The third kappa shape index (κ3) is 4.54. The van der Waals surface area contributed by atoms with Crippen molar-refractivity contribution in [2.75, 3.05) is 25.5 Å². The number of para-hydroxylation sites is 1. The Morgan fingerprint density at radius 3 is 2.57 bits per heavy atom. The number of nitrogens with one attached hydrogen (secondary N) is 2. The van der Waals surface area contributed by atoms with Gasteiger partial charge in [-0.25, -0.2) is 9.97 Å².